The molecule has 1 aromatic heterocycles. The molecule has 0 bridgehead atoms. The fourth-order valence-electron chi connectivity index (χ4n) is 3.27. The number of allylic oxidation sites excluding steroid dienone is 2. The van der Waals surface area contributed by atoms with E-state index in [1.54, 1.807) is 12.6 Å². The third-order valence-corrected chi connectivity index (χ3v) is 7.47. The quantitative estimate of drug-likeness (QED) is 0.441. The first-order chi connectivity index (χ1) is 14.5. The molecule has 1 N–H and O–H groups in total. The number of nitrogens with one attached hydrogen (secondary N) is 1. The van der Waals surface area contributed by atoms with Crippen LogP contribution in [0.4, 0.5) is 5.69 Å². The summed E-state index contributed by atoms with van der Waals surface area (Å²) < 4.78 is 22.0. The van der Waals surface area contributed by atoms with Gasteiger partial charge in [0, 0.05) is 23.6 Å². The molecular weight excluding hydrogens is 414 g/mol. The fourth-order valence-corrected chi connectivity index (χ4v) is 5.42. The lowest BCUT2D eigenvalue weighted by Gasteiger charge is -2.14. The monoisotopic (exact) mass is 439 g/mol. The molecule has 1 unspecified atom stereocenters. The lowest BCUT2D eigenvalue weighted by atomic mass is 10.1. The van der Waals surface area contributed by atoms with E-state index in [1.165, 1.54) is 11.3 Å². The van der Waals surface area contributed by atoms with Gasteiger partial charge in [-0.1, -0.05) is 37.3 Å². The van der Waals surface area contributed by atoms with Gasteiger partial charge >= 0.3 is 0 Å². The van der Waals surface area contributed by atoms with Gasteiger partial charge in [-0.3, -0.25) is 4.99 Å². The standard InChI is InChI=1S/C23H25N3O2S2/c1-4-7-19(24-3)21-22(25-15-29-21)28-20-11-10-18(16-8-5-6-9-17(16)20)26-30(27)14-23(2)12-13-23/h4-11,15,26H,12-14H2,1-3H3/b7-4-,24-19?. The van der Waals surface area contributed by atoms with E-state index >= 15 is 0 Å². The molecule has 1 atom stereocenters. The molecule has 5 nitrogen and oxygen atoms in total. The average molecular weight is 440 g/mol. The minimum Gasteiger partial charge on any atom is -0.437 e. The Balaban J connectivity index is 1.64. The van der Waals surface area contributed by atoms with Crippen molar-refractivity contribution < 1.29 is 8.95 Å². The Morgan fingerprint density at radius 2 is 2.07 bits per heavy atom. The molecular formula is C23H25N3O2S2. The first-order valence-corrected chi connectivity index (χ1v) is 12.1. The molecule has 0 radical (unpaired) electrons. The summed E-state index contributed by atoms with van der Waals surface area (Å²) in [6.45, 7) is 4.15. The second-order valence-corrected chi connectivity index (χ2v) is 9.80. The van der Waals surface area contributed by atoms with Crippen LogP contribution in [0.15, 0.2) is 59.1 Å². The predicted octanol–water partition coefficient (Wildman–Crippen LogP) is 5.96. The second-order valence-electron chi connectivity index (χ2n) is 7.76. The van der Waals surface area contributed by atoms with E-state index in [0.29, 0.717) is 17.4 Å². The van der Waals surface area contributed by atoms with E-state index in [4.69, 9.17) is 4.74 Å². The maximum Gasteiger partial charge on any atom is 0.239 e. The molecule has 0 aliphatic heterocycles. The topological polar surface area (TPSA) is 63.6 Å². The van der Waals surface area contributed by atoms with Gasteiger partial charge in [0.1, 0.15) is 21.6 Å². The van der Waals surface area contributed by atoms with Crippen LogP contribution in [0.2, 0.25) is 0 Å². The zero-order valence-corrected chi connectivity index (χ0v) is 19.0. The van der Waals surface area contributed by atoms with Gasteiger partial charge in [0.25, 0.3) is 0 Å². The first kappa shape index (κ1) is 20.8. The van der Waals surface area contributed by atoms with Crippen LogP contribution in [0.25, 0.3) is 10.8 Å². The van der Waals surface area contributed by atoms with Gasteiger partial charge < -0.3 is 9.46 Å². The van der Waals surface area contributed by atoms with Crippen molar-refractivity contribution in [2.45, 2.75) is 26.7 Å². The van der Waals surface area contributed by atoms with Gasteiger partial charge in [0.2, 0.25) is 5.88 Å². The van der Waals surface area contributed by atoms with E-state index in [9.17, 15) is 4.21 Å². The molecule has 1 aliphatic carbocycles. The molecule has 1 fully saturated rings. The molecule has 30 heavy (non-hydrogen) atoms. The Bertz CT molecular complexity index is 1150. The van der Waals surface area contributed by atoms with Crippen molar-refractivity contribution >= 4 is 44.5 Å². The van der Waals surface area contributed by atoms with Crippen molar-refractivity contribution in [1.29, 1.82) is 0 Å². The molecule has 7 heteroatoms. The van der Waals surface area contributed by atoms with Gasteiger partial charge in [-0.2, -0.15) is 0 Å². The van der Waals surface area contributed by atoms with Crippen molar-refractivity contribution in [1.82, 2.24) is 4.98 Å². The van der Waals surface area contributed by atoms with Crippen LogP contribution >= 0.6 is 11.3 Å². The number of anilines is 1. The summed E-state index contributed by atoms with van der Waals surface area (Å²) in [4.78, 5) is 9.64. The minimum atomic E-state index is -1.11. The smallest absolute Gasteiger partial charge is 0.239 e. The van der Waals surface area contributed by atoms with Crippen LogP contribution in [-0.4, -0.2) is 27.7 Å². The largest absolute Gasteiger partial charge is 0.437 e. The maximum absolute atomic E-state index is 12.6. The van der Waals surface area contributed by atoms with Crippen LogP contribution in [0.3, 0.4) is 0 Å². The van der Waals surface area contributed by atoms with E-state index in [-0.39, 0.29) is 5.41 Å². The second kappa shape index (κ2) is 8.70. The summed E-state index contributed by atoms with van der Waals surface area (Å²) in [5, 5.41) is 1.91. The highest BCUT2D eigenvalue weighted by Crippen LogP contribution is 2.45. The number of nitrogens with zero attached hydrogens (tertiary/aromatic N) is 2. The van der Waals surface area contributed by atoms with Crippen molar-refractivity contribution in [3.8, 4) is 11.6 Å². The van der Waals surface area contributed by atoms with Crippen molar-refractivity contribution in [2.75, 3.05) is 17.5 Å². The molecule has 1 aliphatic rings. The lowest BCUT2D eigenvalue weighted by Crippen LogP contribution is -2.15. The predicted molar refractivity (Wildman–Crippen MR) is 127 cm³/mol. The highest BCUT2D eigenvalue weighted by atomic mass is 32.2. The molecule has 1 saturated carbocycles. The van der Waals surface area contributed by atoms with Gasteiger partial charge in [0.15, 0.2) is 0 Å². The zero-order chi connectivity index (χ0) is 21.1. The molecule has 0 amide bonds. The van der Waals surface area contributed by atoms with Crippen LogP contribution in [0.5, 0.6) is 11.6 Å². The van der Waals surface area contributed by atoms with Crippen LogP contribution < -0.4 is 9.46 Å². The van der Waals surface area contributed by atoms with Crippen molar-refractivity contribution in [3.63, 3.8) is 0 Å². The Morgan fingerprint density at radius 1 is 1.30 bits per heavy atom. The summed E-state index contributed by atoms with van der Waals surface area (Å²) in [5.74, 6) is 1.92. The summed E-state index contributed by atoms with van der Waals surface area (Å²) in [6.07, 6.45) is 6.20. The average Bonchev–Trinajstić information content (AvgIpc) is 3.28. The van der Waals surface area contributed by atoms with Gasteiger partial charge in [0.05, 0.1) is 16.9 Å². The molecule has 4 rings (SSSR count). The number of benzene rings is 2. The number of hydrogen-bond acceptors (Lipinski definition) is 5. The zero-order valence-electron chi connectivity index (χ0n) is 17.3. The maximum atomic E-state index is 12.6. The first-order valence-electron chi connectivity index (χ1n) is 9.91. The molecule has 3 aromatic rings. The number of fused-ring (bicyclic) bond motifs is 1. The highest BCUT2D eigenvalue weighted by Gasteiger charge is 2.39. The molecule has 0 spiro atoms. The Morgan fingerprint density at radius 3 is 2.77 bits per heavy atom. The Hall–Kier alpha value is -2.51. The number of aliphatic imine (C=N–C) groups is 1. The number of thiazole rings is 1. The highest BCUT2D eigenvalue weighted by molar-refractivity contribution is 7.86. The molecule has 2 aromatic carbocycles. The van der Waals surface area contributed by atoms with Gasteiger partial charge in [-0.15, -0.1) is 11.3 Å². The van der Waals surface area contributed by atoms with E-state index < -0.39 is 11.0 Å². The van der Waals surface area contributed by atoms with E-state index in [1.807, 2.05) is 55.5 Å². The molecule has 1 heterocycles. The van der Waals surface area contributed by atoms with E-state index in [2.05, 4.69) is 21.6 Å². The Labute approximate surface area is 183 Å². The summed E-state index contributed by atoms with van der Waals surface area (Å²) in [7, 11) is 0.650. The van der Waals surface area contributed by atoms with Gasteiger partial charge in [-0.05, 0) is 43.4 Å². The number of aromatic nitrogens is 1. The fraction of sp³-hybridized carbons (Fsp3) is 0.304. The Kier molecular flexibility index (Phi) is 6.01. The number of ether oxygens (including phenoxy) is 1. The number of hydrogen-bond donors (Lipinski definition) is 1. The minimum absolute atomic E-state index is 0.225. The lowest BCUT2D eigenvalue weighted by molar-refractivity contribution is 0.471. The van der Waals surface area contributed by atoms with Crippen molar-refractivity contribution in [3.05, 3.63) is 58.9 Å². The SMILES string of the molecule is C/C=C\C(=NC)c1scnc1Oc1ccc(NS(=O)CC2(C)CC2)c2ccccc12. The molecule has 0 saturated heterocycles. The third kappa shape index (κ3) is 4.47. The number of rotatable bonds is 8. The normalized spacial score (nSPS) is 16.7. The summed E-state index contributed by atoms with van der Waals surface area (Å²) in [6, 6.07) is 11.8. The molecule has 156 valence electrons. The summed E-state index contributed by atoms with van der Waals surface area (Å²) in [5.41, 5.74) is 3.67. The third-order valence-electron chi connectivity index (χ3n) is 5.23. The van der Waals surface area contributed by atoms with Crippen molar-refractivity contribution in [2.24, 2.45) is 10.4 Å². The summed E-state index contributed by atoms with van der Waals surface area (Å²) >= 11 is 1.50. The van der Waals surface area contributed by atoms with Gasteiger partial charge in [-0.25, -0.2) is 9.19 Å². The van der Waals surface area contributed by atoms with Crippen LogP contribution in [0.1, 0.15) is 31.6 Å². The van der Waals surface area contributed by atoms with Crippen LogP contribution in [0, 0.1) is 5.41 Å². The van der Waals surface area contributed by atoms with Crippen LogP contribution in [-0.2, 0) is 11.0 Å². The van der Waals surface area contributed by atoms with E-state index in [0.717, 1.165) is 39.9 Å².